The normalized spacial score (nSPS) is 35.0. The molecule has 0 heterocycles. The van der Waals surface area contributed by atoms with Crippen molar-refractivity contribution in [2.75, 3.05) is 0 Å². The van der Waals surface area contributed by atoms with Crippen LogP contribution in [0.4, 0.5) is 0 Å². The summed E-state index contributed by atoms with van der Waals surface area (Å²) in [7, 11) is 0. The third-order valence-corrected chi connectivity index (χ3v) is 2.92. The third kappa shape index (κ3) is 2.21. The molecule has 0 aromatic heterocycles. The summed E-state index contributed by atoms with van der Waals surface area (Å²) in [5, 5.41) is 0. The van der Waals surface area contributed by atoms with Gasteiger partial charge in [-0.2, -0.15) is 0 Å². The molecule has 0 bridgehead atoms. The highest BCUT2D eigenvalue weighted by Gasteiger charge is 2.34. The Balaban J connectivity index is 0.00000121. The van der Waals surface area contributed by atoms with E-state index in [2.05, 4.69) is 6.92 Å². The van der Waals surface area contributed by atoms with Crippen molar-refractivity contribution in [3.8, 4) is 0 Å². The highest BCUT2D eigenvalue weighted by Crippen LogP contribution is 2.35. The predicted octanol–water partition coefficient (Wildman–Crippen LogP) is 2.29. The second-order valence-electron chi connectivity index (χ2n) is 3.67. The summed E-state index contributed by atoms with van der Waals surface area (Å²) in [6, 6.07) is 0. The van der Waals surface area contributed by atoms with Crippen LogP contribution in [0.15, 0.2) is 0 Å². The van der Waals surface area contributed by atoms with E-state index < -0.39 is 0 Å². The maximum atomic E-state index is 10.2. The first kappa shape index (κ1) is 11.4. The highest BCUT2D eigenvalue weighted by molar-refractivity contribution is 5.38. The van der Waals surface area contributed by atoms with Crippen LogP contribution in [0.5, 0.6) is 0 Å². The molecular formula is C9H19NO2. The molecule has 3 N–H and O–H groups in total. The second-order valence-corrected chi connectivity index (χ2v) is 3.67. The molecular weight excluding hydrogens is 154 g/mol. The fourth-order valence-electron chi connectivity index (χ4n) is 1.76. The number of hydrogen-bond acceptors (Lipinski definition) is 3. The Morgan fingerprint density at radius 2 is 2.17 bits per heavy atom. The van der Waals surface area contributed by atoms with Crippen molar-refractivity contribution in [2.24, 2.45) is 5.92 Å². The lowest BCUT2D eigenvalue weighted by Gasteiger charge is -2.37. The maximum Gasteiger partial charge on any atom is 0.293 e. The molecule has 0 aromatic rings. The van der Waals surface area contributed by atoms with Gasteiger partial charge in [-0.15, -0.1) is 0 Å². The smallest absolute Gasteiger partial charge is 0.293 e. The minimum absolute atomic E-state index is 0. The number of carbonyl (C=O) groups is 1. The van der Waals surface area contributed by atoms with Gasteiger partial charge in [-0.25, -0.2) is 0 Å². The van der Waals surface area contributed by atoms with Crippen LogP contribution in [0.1, 0.15) is 39.5 Å². The number of rotatable bonds is 2. The molecule has 2 unspecified atom stereocenters. The lowest BCUT2D eigenvalue weighted by Crippen LogP contribution is -2.38. The van der Waals surface area contributed by atoms with Crippen molar-refractivity contribution in [1.82, 2.24) is 6.15 Å². The molecule has 0 aromatic carbocycles. The summed E-state index contributed by atoms with van der Waals surface area (Å²) in [6.45, 7) is 4.77. The van der Waals surface area contributed by atoms with E-state index in [1.54, 1.807) is 0 Å². The molecule has 72 valence electrons. The summed E-state index contributed by atoms with van der Waals surface area (Å²) >= 11 is 0. The van der Waals surface area contributed by atoms with Crippen molar-refractivity contribution in [3.05, 3.63) is 0 Å². The zero-order valence-electron chi connectivity index (χ0n) is 8.01. The molecule has 3 nitrogen and oxygen atoms in total. The number of hydrogen-bond donors (Lipinski definition) is 1. The van der Waals surface area contributed by atoms with Gasteiger partial charge in [-0.1, -0.05) is 13.3 Å². The topological polar surface area (TPSA) is 61.3 Å². The molecule has 0 spiro atoms. The Labute approximate surface area is 74.1 Å². The minimum Gasteiger partial charge on any atom is -0.461 e. The SMILES string of the molecule is CC1CCCCC1(C)OC=O.N. The summed E-state index contributed by atoms with van der Waals surface area (Å²) in [6.07, 6.45) is 4.67. The van der Waals surface area contributed by atoms with Crippen LogP contribution in [0.2, 0.25) is 0 Å². The fraction of sp³-hybridized carbons (Fsp3) is 0.889. The lowest BCUT2D eigenvalue weighted by molar-refractivity contribution is -0.150. The van der Waals surface area contributed by atoms with Gasteiger partial charge in [0.15, 0.2) is 0 Å². The summed E-state index contributed by atoms with van der Waals surface area (Å²) in [4.78, 5) is 10.2. The van der Waals surface area contributed by atoms with Crippen LogP contribution in [-0.2, 0) is 9.53 Å². The number of carbonyl (C=O) groups excluding carboxylic acids is 1. The van der Waals surface area contributed by atoms with Crippen LogP contribution in [-0.4, -0.2) is 12.1 Å². The van der Waals surface area contributed by atoms with Crippen molar-refractivity contribution >= 4 is 6.47 Å². The summed E-state index contributed by atoms with van der Waals surface area (Å²) < 4.78 is 5.10. The first-order valence-electron chi connectivity index (χ1n) is 4.30. The van der Waals surface area contributed by atoms with Crippen LogP contribution in [0.25, 0.3) is 0 Å². The van der Waals surface area contributed by atoms with E-state index in [9.17, 15) is 4.79 Å². The Bertz CT molecular complexity index is 149. The quantitative estimate of drug-likeness (QED) is 0.652. The van der Waals surface area contributed by atoms with E-state index in [1.807, 2.05) is 6.92 Å². The molecule has 12 heavy (non-hydrogen) atoms. The van der Waals surface area contributed by atoms with Crippen molar-refractivity contribution in [1.29, 1.82) is 0 Å². The molecule has 0 radical (unpaired) electrons. The van der Waals surface area contributed by atoms with Gasteiger partial charge in [-0.3, -0.25) is 4.79 Å². The predicted molar refractivity (Wildman–Crippen MR) is 48.2 cm³/mol. The average Bonchev–Trinajstić information content (AvgIpc) is 1.96. The number of ether oxygens (including phenoxy) is 1. The van der Waals surface area contributed by atoms with Crippen LogP contribution in [0.3, 0.4) is 0 Å². The van der Waals surface area contributed by atoms with Gasteiger partial charge in [0.25, 0.3) is 6.47 Å². The molecule has 0 aliphatic heterocycles. The van der Waals surface area contributed by atoms with Crippen LogP contribution >= 0.6 is 0 Å². The van der Waals surface area contributed by atoms with Gasteiger partial charge in [0.2, 0.25) is 0 Å². The Kier molecular flexibility index (Phi) is 4.24. The van der Waals surface area contributed by atoms with E-state index in [-0.39, 0.29) is 11.8 Å². The third-order valence-electron chi connectivity index (χ3n) is 2.92. The maximum absolute atomic E-state index is 10.2. The zero-order chi connectivity index (χ0) is 8.32. The van der Waals surface area contributed by atoms with E-state index in [0.717, 1.165) is 6.42 Å². The average molecular weight is 173 g/mol. The molecule has 0 amide bonds. The molecule has 1 rings (SSSR count). The Hall–Kier alpha value is -0.570. The van der Waals surface area contributed by atoms with E-state index in [4.69, 9.17) is 4.74 Å². The van der Waals surface area contributed by atoms with E-state index in [0.29, 0.717) is 12.4 Å². The van der Waals surface area contributed by atoms with E-state index >= 15 is 0 Å². The van der Waals surface area contributed by atoms with Crippen LogP contribution < -0.4 is 6.15 Å². The van der Waals surface area contributed by atoms with Gasteiger partial charge in [0.05, 0.1) is 0 Å². The molecule has 1 aliphatic carbocycles. The summed E-state index contributed by atoms with van der Waals surface area (Å²) in [5.74, 6) is 0.515. The van der Waals surface area contributed by atoms with Gasteiger partial charge >= 0.3 is 0 Å². The van der Waals surface area contributed by atoms with Crippen molar-refractivity contribution in [3.63, 3.8) is 0 Å². The largest absolute Gasteiger partial charge is 0.461 e. The van der Waals surface area contributed by atoms with Gasteiger partial charge < -0.3 is 10.9 Å². The Morgan fingerprint density at radius 1 is 1.50 bits per heavy atom. The molecule has 0 saturated heterocycles. The second kappa shape index (κ2) is 4.45. The zero-order valence-corrected chi connectivity index (χ0v) is 8.01. The lowest BCUT2D eigenvalue weighted by atomic mass is 9.78. The fourth-order valence-corrected chi connectivity index (χ4v) is 1.76. The standard InChI is InChI=1S/C9H16O2.H3N/c1-8-5-3-4-6-9(8,2)11-7-10;/h7-8H,3-6H2,1-2H3;1H3. The minimum atomic E-state index is -0.181. The van der Waals surface area contributed by atoms with Gasteiger partial charge in [0.1, 0.15) is 5.60 Å². The monoisotopic (exact) mass is 173 g/mol. The molecule has 2 atom stereocenters. The molecule has 3 heteroatoms. The van der Waals surface area contributed by atoms with Gasteiger partial charge in [-0.05, 0) is 32.1 Å². The summed E-state index contributed by atoms with van der Waals surface area (Å²) in [5.41, 5.74) is -0.181. The molecule has 1 saturated carbocycles. The van der Waals surface area contributed by atoms with Gasteiger partial charge in [0, 0.05) is 0 Å². The first-order valence-corrected chi connectivity index (χ1v) is 4.30. The van der Waals surface area contributed by atoms with Crippen molar-refractivity contribution in [2.45, 2.75) is 45.1 Å². The van der Waals surface area contributed by atoms with Crippen molar-refractivity contribution < 1.29 is 9.53 Å². The first-order chi connectivity index (χ1) is 5.19. The highest BCUT2D eigenvalue weighted by atomic mass is 16.5. The Morgan fingerprint density at radius 3 is 2.67 bits per heavy atom. The molecule has 1 aliphatic rings. The molecule has 1 fully saturated rings. The van der Waals surface area contributed by atoms with Crippen LogP contribution in [0, 0.1) is 5.92 Å². The van der Waals surface area contributed by atoms with E-state index in [1.165, 1.54) is 19.3 Å².